The summed E-state index contributed by atoms with van der Waals surface area (Å²) in [5.41, 5.74) is 2.44. The van der Waals surface area contributed by atoms with Crippen molar-refractivity contribution in [3.63, 3.8) is 0 Å². The van der Waals surface area contributed by atoms with Crippen LogP contribution in [0.3, 0.4) is 0 Å². The fourth-order valence-corrected chi connectivity index (χ4v) is 2.72. The van der Waals surface area contributed by atoms with Gasteiger partial charge in [-0.2, -0.15) is 5.26 Å². The molecule has 0 bridgehead atoms. The first-order valence-electron chi connectivity index (χ1n) is 9.00. The van der Waals surface area contributed by atoms with Gasteiger partial charge in [0.15, 0.2) is 0 Å². The highest BCUT2D eigenvalue weighted by molar-refractivity contribution is 6.05. The maximum absolute atomic E-state index is 13.6. The predicted molar refractivity (Wildman–Crippen MR) is 108 cm³/mol. The summed E-state index contributed by atoms with van der Waals surface area (Å²) in [5, 5.41) is 14.3. The van der Waals surface area contributed by atoms with E-state index in [-0.39, 0.29) is 17.6 Å². The van der Waals surface area contributed by atoms with E-state index in [1.54, 1.807) is 66.7 Å². The molecule has 144 valence electrons. The monoisotopic (exact) mass is 387 g/mol. The van der Waals surface area contributed by atoms with E-state index >= 15 is 0 Å². The molecule has 5 nitrogen and oxygen atoms in total. The van der Waals surface area contributed by atoms with Gasteiger partial charge in [0.05, 0.1) is 11.6 Å². The van der Waals surface area contributed by atoms with E-state index in [9.17, 15) is 14.0 Å². The minimum absolute atomic E-state index is 0.291. The number of halogens is 1. The Labute approximate surface area is 167 Å². The van der Waals surface area contributed by atoms with E-state index in [2.05, 4.69) is 10.6 Å². The molecule has 6 heteroatoms. The standard InChI is InChI=1S/C23H18FN3O2/c24-21-4-2-1-3-17(21)13-14-26-22(28)18-7-9-19(10-8-18)23(29)27-20-11-5-16(15-25)6-12-20/h1-12H,13-14H2,(H,26,28)(H,27,29). The van der Waals surface area contributed by atoms with Crippen molar-refractivity contribution >= 4 is 17.5 Å². The molecule has 0 saturated carbocycles. The van der Waals surface area contributed by atoms with Gasteiger partial charge in [0.25, 0.3) is 11.8 Å². The van der Waals surface area contributed by atoms with E-state index in [4.69, 9.17) is 5.26 Å². The number of nitrogens with one attached hydrogen (secondary N) is 2. The molecule has 2 amide bonds. The zero-order valence-corrected chi connectivity index (χ0v) is 15.5. The Morgan fingerprint density at radius 2 is 1.48 bits per heavy atom. The summed E-state index contributed by atoms with van der Waals surface area (Å²) < 4.78 is 13.6. The molecule has 0 saturated heterocycles. The molecule has 0 aliphatic carbocycles. The third-order valence-electron chi connectivity index (χ3n) is 4.32. The first-order valence-corrected chi connectivity index (χ1v) is 9.00. The third kappa shape index (κ3) is 5.27. The number of nitrogens with zero attached hydrogens (tertiary/aromatic N) is 1. The number of hydrogen-bond acceptors (Lipinski definition) is 3. The number of carbonyl (C=O) groups excluding carboxylic acids is 2. The van der Waals surface area contributed by atoms with Crippen LogP contribution in [0.1, 0.15) is 31.8 Å². The second kappa shape index (κ2) is 9.29. The Morgan fingerprint density at radius 3 is 2.10 bits per heavy atom. The number of rotatable bonds is 6. The molecule has 3 aromatic rings. The SMILES string of the molecule is N#Cc1ccc(NC(=O)c2ccc(C(=O)NCCc3ccccc3F)cc2)cc1. The highest BCUT2D eigenvalue weighted by atomic mass is 19.1. The van der Waals surface area contributed by atoms with Crippen LogP contribution < -0.4 is 10.6 Å². The van der Waals surface area contributed by atoms with E-state index in [0.717, 1.165) is 0 Å². The zero-order valence-electron chi connectivity index (χ0n) is 15.5. The van der Waals surface area contributed by atoms with Gasteiger partial charge in [-0.1, -0.05) is 18.2 Å². The topological polar surface area (TPSA) is 82.0 Å². The van der Waals surface area contributed by atoms with Crippen molar-refractivity contribution in [2.75, 3.05) is 11.9 Å². The maximum Gasteiger partial charge on any atom is 0.255 e. The Morgan fingerprint density at radius 1 is 0.862 bits per heavy atom. The third-order valence-corrected chi connectivity index (χ3v) is 4.32. The number of nitriles is 1. The van der Waals surface area contributed by atoms with Gasteiger partial charge < -0.3 is 10.6 Å². The summed E-state index contributed by atoms with van der Waals surface area (Å²) in [4.78, 5) is 24.5. The van der Waals surface area contributed by atoms with Gasteiger partial charge in [0, 0.05) is 23.4 Å². The Balaban J connectivity index is 1.54. The summed E-state index contributed by atoms with van der Waals surface area (Å²) in [7, 11) is 0. The van der Waals surface area contributed by atoms with Crippen molar-refractivity contribution in [2.45, 2.75) is 6.42 Å². The Hall–Kier alpha value is -3.98. The van der Waals surface area contributed by atoms with Gasteiger partial charge in [0.1, 0.15) is 5.82 Å². The Bertz CT molecular complexity index is 1050. The number of anilines is 1. The lowest BCUT2D eigenvalue weighted by atomic mass is 10.1. The predicted octanol–water partition coefficient (Wildman–Crippen LogP) is 3.92. The van der Waals surface area contributed by atoms with Crippen LogP contribution in [-0.2, 0) is 6.42 Å². The van der Waals surface area contributed by atoms with Gasteiger partial charge in [-0.25, -0.2) is 4.39 Å². The second-order valence-electron chi connectivity index (χ2n) is 6.32. The lowest BCUT2D eigenvalue weighted by Gasteiger charge is -2.08. The average Bonchev–Trinajstić information content (AvgIpc) is 2.75. The first kappa shape index (κ1) is 19.8. The summed E-state index contributed by atoms with van der Waals surface area (Å²) in [6.07, 6.45) is 0.392. The normalized spacial score (nSPS) is 10.1. The summed E-state index contributed by atoms with van der Waals surface area (Å²) >= 11 is 0. The minimum Gasteiger partial charge on any atom is -0.352 e. The van der Waals surface area contributed by atoms with E-state index in [0.29, 0.717) is 40.9 Å². The van der Waals surface area contributed by atoms with Crippen LogP contribution >= 0.6 is 0 Å². The van der Waals surface area contributed by atoms with Crippen LogP contribution in [0.25, 0.3) is 0 Å². The highest BCUT2D eigenvalue weighted by Gasteiger charge is 2.10. The van der Waals surface area contributed by atoms with Crippen molar-refractivity contribution in [3.05, 3.63) is 101 Å². The molecule has 0 aliphatic rings. The molecular weight excluding hydrogens is 369 g/mol. The van der Waals surface area contributed by atoms with E-state index in [1.165, 1.54) is 6.07 Å². The van der Waals surface area contributed by atoms with Gasteiger partial charge in [-0.05, 0) is 66.6 Å². The van der Waals surface area contributed by atoms with Crippen LogP contribution in [0, 0.1) is 17.1 Å². The molecule has 29 heavy (non-hydrogen) atoms. The van der Waals surface area contributed by atoms with Gasteiger partial charge in [0.2, 0.25) is 0 Å². The maximum atomic E-state index is 13.6. The summed E-state index contributed by atoms with van der Waals surface area (Å²) in [6, 6.07) is 21.2. The first-order chi connectivity index (χ1) is 14.1. The molecule has 0 heterocycles. The molecule has 0 unspecified atom stereocenters. The molecule has 0 aromatic heterocycles. The summed E-state index contributed by atoms with van der Waals surface area (Å²) in [6.45, 7) is 0.306. The number of carbonyl (C=O) groups is 2. The summed E-state index contributed by atoms with van der Waals surface area (Å²) in [5.74, 6) is -0.902. The number of amides is 2. The lowest BCUT2D eigenvalue weighted by molar-refractivity contribution is 0.0952. The number of benzene rings is 3. The van der Waals surface area contributed by atoms with Crippen molar-refractivity contribution in [1.82, 2.24) is 5.32 Å². The van der Waals surface area contributed by atoms with Crippen LogP contribution in [-0.4, -0.2) is 18.4 Å². The smallest absolute Gasteiger partial charge is 0.255 e. The molecule has 0 spiro atoms. The second-order valence-corrected chi connectivity index (χ2v) is 6.32. The van der Waals surface area contributed by atoms with Crippen molar-refractivity contribution in [1.29, 1.82) is 5.26 Å². The zero-order chi connectivity index (χ0) is 20.6. The molecule has 3 rings (SSSR count). The molecule has 0 atom stereocenters. The molecule has 0 fully saturated rings. The van der Waals surface area contributed by atoms with Crippen LogP contribution in [0.5, 0.6) is 0 Å². The van der Waals surface area contributed by atoms with Gasteiger partial charge in [-0.3, -0.25) is 9.59 Å². The average molecular weight is 387 g/mol. The lowest BCUT2D eigenvalue weighted by Crippen LogP contribution is -2.26. The van der Waals surface area contributed by atoms with Crippen molar-refractivity contribution in [3.8, 4) is 6.07 Å². The fraction of sp³-hybridized carbons (Fsp3) is 0.0870. The van der Waals surface area contributed by atoms with Crippen LogP contribution in [0.4, 0.5) is 10.1 Å². The highest BCUT2D eigenvalue weighted by Crippen LogP contribution is 2.12. The van der Waals surface area contributed by atoms with Gasteiger partial charge in [-0.15, -0.1) is 0 Å². The molecule has 2 N–H and O–H groups in total. The van der Waals surface area contributed by atoms with Crippen molar-refractivity contribution in [2.24, 2.45) is 0 Å². The quantitative estimate of drug-likeness (QED) is 0.673. The van der Waals surface area contributed by atoms with Crippen LogP contribution in [0.15, 0.2) is 72.8 Å². The number of hydrogen-bond donors (Lipinski definition) is 2. The molecule has 0 radical (unpaired) electrons. The van der Waals surface area contributed by atoms with Gasteiger partial charge >= 0.3 is 0 Å². The molecule has 0 aliphatic heterocycles. The Kier molecular flexibility index (Phi) is 6.33. The molecular formula is C23H18FN3O2. The minimum atomic E-state index is -0.318. The fourth-order valence-electron chi connectivity index (χ4n) is 2.72. The van der Waals surface area contributed by atoms with E-state index in [1.807, 2.05) is 6.07 Å². The van der Waals surface area contributed by atoms with E-state index < -0.39 is 0 Å². The molecule has 3 aromatic carbocycles. The van der Waals surface area contributed by atoms with Crippen molar-refractivity contribution < 1.29 is 14.0 Å². The largest absolute Gasteiger partial charge is 0.352 e. The van der Waals surface area contributed by atoms with Crippen LogP contribution in [0.2, 0.25) is 0 Å².